The van der Waals surface area contributed by atoms with Gasteiger partial charge in [-0.25, -0.2) is 9.18 Å². The van der Waals surface area contributed by atoms with Gasteiger partial charge in [-0.05, 0) is 37.5 Å². The van der Waals surface area contributed by atoms with Crippen LogP contribution in [-0.4, -0.2) is 6.08 Å². The lowest BCUT2D eigenvalue weighted by molar-refractivity contribution is 0.247. The molecule has 0 spiro atoms. The van der Waals surface area contributed by atoms with Gasteiger partial charge in [-0.2, -0.15) is 4.99 Å². The van der Waals surface area contributed by atoms with E-state index in [0.29, 0.717) is 24.0 Å². The molecule has 1 fully saturated rings. The molecular formula is C13H10FNO2. The molecule has 0 amide bonds. The molecule has 0 aliphatic heterocycles. The highest BCUT2D eigenvalue weighted by molar-refractivity contribution is 5.82. The number of carbonyl (C=O) groups excluding carboxylic acids is 1. The van der Waals surface area contributed by atoms with Crippen molar-refractivity contribution in [3.05, 3.63) is 35.8 Å². The van der Waals surface area contributed by atoms with E-state index in [2.05, 4.69) is 4.99 Å². The minimum Gasteiger partial charge on any atom is -0.464 e. The minimum atomic E-state index is -0.761. The first-order valence-corrected chi connectivity index (χ1v) is 5.52. The van der Waals surface area contributed by atoms with Crippen LogP contribution in [0.25, 0.3) is 11.0 Å². The van der Waals surface area contributed by atoms with Crippen molar-refractivity contribution in [1.29, 1.82) is 0 Å². The zero-order chi connectivity index (χ0) is 11.9. The first-order chi connectivity index (χ1) is 8.27. The van der Waals surface area contributed by atoms with Gasteiger partial charge in [0, 0.05) is 5.39 Å². The summed E-state index contributed by atoms with van der Waals surface area (Å²) in [6, 6.07) is 4.83. The molecule has 1 heterocycles. The number of rotatable bonds is 2. The summed E-state index contributed by atoms with van der Waals surface area (Å²) in [5.74, 6) is -0.369. The van der Waals surface area contributed by atoms with Crippen molar-refractivity contribution in [3.8, 4) is 0 Å². The summed E-state index contributed by atoms with van der Waals surface area (Å²) in [7, 11) is 0. The summed E-state index contributed by atoms with van der Waals surface area (Å²) >= 11 is 0. The molecule has 17 heavy (non-hydrogen) atoms. The lowest BCUT2D eigenvalue weighted by atomic mass is 9.72. The number of furan rings is 1. The van der Waals surface area contributed by atoms with Crippen LogP contribution in [0.4, 0.5) is 4.39 Å². The van der Waals surface area contributed by atoms with E-state index in [1.165, 1.54) is 12.3 Å². The van der Waals surface area contributed by atoms with Crippen LogP contribution in [0.1, 0.15) is 24.8 Å². The smallest absolute Gasteiger partial charge is 0.235 e. The van der Waals surface area contributed by atoms with Gasteiger partial charge in [0.2, 0.25) is 6.08 Å². The van der Waals surface area contributed by atoms with E-state index in [1.807, 2.05) is 0 Å². The van der Waals surface area contributed by atoms with E-state index in [9.17, 15) is 9.18 Å². The van der Waals surface area contributed by atoms with Gasteiger partial charge < -0.3 is 4.42 Å². The van der Waals surface area contributed by atoms with Gasteiger partial charge in [0.05, 0.1) is 11.8 Å². The Morgan fingerprint density at radius 1 is 1.35 bits per heavy atom. The van der Waals surface area contributed by atoms with Crippen LogP contribution in [0.5, 0.6) is 0 Å². The number of aliphatic imine (C=N–C) groups is 1. The Balaban J connectivity index is 2.31. The third-order valence-corrected chi connectivity index (χ3v) is 3.48. The van der Waals surface area contributed by atoms with E-state index in [0.717, 1.165) is 11.8 Å². The number of benzene rings is 1. The van der Waals surface area contributed by atoms with Crippen LogP contribution in [0.2, 0.25) is 0 Å². The quantitative estimate of drug-likeness (QED) is 0.588. The molecular weight excluding hydrogens is 221 g/mol. The average molecular weight is 231 g/mol. The van der Waals surface area contributed by atoms with Crippen LogP contribution in [0, 0.1) is 5.82 Å². The predicted molar refractivity (Wildman–Crippen MR) is 59.8 cm³/mol. The molecule has 0 unspecified atom stereocenters. The minimum absolute atomic E-state index is 0.369. The van der Waals surface area contributed by atoms with Gasteiger partial charge in [-0.3, -0.25) is 0 Å². The second kappa shape index (κ2) is 3.54. The maximum atomic E-state index is 14.0. The molecule has 1 aromatic carbocycles. The SMILES string of the molecule is O=C=NC1(c2c(F)ccc3ccoc23)CCC1. The van der Waals surface area contributed by atoms with Crippen molar-refractivity contribution in [1.82, 2.24) is 0 Å². The largest absolute Gasteiger partial charge is 0.464 e. The number of hydrogen-bond donors (Lipinski definition) is 0. The number of halogens is 1. The third kappa shape index (κ3) is 1.34. The van der Waals surface area contributed by atoms with Gasteiger partial charge in [-0.1, -0.05) is 0 Å². The highest BCUT2D eigenvalue weighted by atomic mass is 19.1. The number of isocyanates is 1. The van der Waals surface area contributed by atoms with Crippen molar-refractivity contribution in [2.45, 2.75) is 24.8 Å². The van der Waals surface area contributed by atoms with E-state index in [4.69, 9.17) is 4.42 Å². The summed E-state index contributed by atoms with van der Waals surface area (Å²) in [6.45, 7) is 0. The molecule has 1 aliphatic rings. The van der Waals surface area contributed by atoms with Crippen LogP contribution in [0.3, 0.4) is 0 Å². The highest BCUT2D eigenvalue weighted by Crippen LogP contribution is 2.48. The fourth-order valence-corrected chi connectivity index (χ4v) is 2.46. The Morgan fingerprint density at radius 2 is 2.18 bits per heavy atom. The molecule has 0 N–H and O–H groups in total. The summed E-state index contributed by atoms with van der Waals surface area (Å²) in [5, 5.41) is 0.828. The Labute approximate surface area is 96.9 Å². The summed E-state index contributed by atoms with van der Waals surface area (Å²) in [4.78, 5) is 14.3. The van der Waals surface area contributed by atoms with Gasteiger partial charge in [0.1, 0.15) is 16.9 Å². The van der Waals surface area contributed by atoms with Crippen molar-refractivity contribution in [2.24, 2.45) is 4.99 Å². The Bertz CT molecular complexity index is 621. The van der Waals surface area contributed by atoms with Crippen LogP contribution >= 0.6 is 0 Å². The maximum absolute atomic E-state index is 14.0. The van der Waals surface area contributed by atoms with Gasteiger partial charge in [0.15, 0.2) is 0 Å². The summed E-state index contributed by atoms with van der Waals surface area (Å²) in [6.07, 6.45) is 5.34. The lowest BCUT2D eigenvalue weighted by Gasteiger charge is -2.37. The highest BCUT2D eigenvalue weighted by Gasteiger charge is 2.43. The zero-order valence-electron chi connectivity index (χ0n) is 9.07. The van der Waals surface area contributed by atoms with Crippen LogP contribution < -0.4 is 0 Å². The lowest BCUT2D eigenvalue weighted by Crippen LogP contribution is -2.33. The predicted octanol–water partition coefficient (Wildman–Crippen LogP) is 3.29. The molecule has 0 saturated heterocycles. The normalized spacial score (nSPS) is 17.5. The average Bonchev–Trinajstić information content (AvgIpc) is 2.72. The molecule has 1 aliphatic carbocycles. The van der Waals surface area contributed by atoms with Gasteiger partial charge in [0.25, 0.3) is 0 Å². The molecule has 1 aromatic heterocycles. The van der Waals surface area contributed by atoms with E-state index in [1.54, 1.807) is 18.2 Å². The van der Waals surface area contributed by atoms with Crippen molar-refractivity contribution >= 4 is 17.0 Å². The second-order valence-electron chi connectivity index (χ2n) is 4.35. The van der Waals surface area contributed by atoms with E-state index < -0.39 is 5.54 Å². The molecule has 0 bridgehead atoms. The molecule has 3 rings (SSSR count). The standard InChI is InChI=1S/C13H10FNO2/c14-10-3-2-9-4-7-17-12(9)11(10)13(15-8-16)5-1-6-13/h2-4,7H,1,5-6H2. The molecule has 1 saturated carbocycles. The van der Waals surface area contributed by atoms with Crippen molar-refractivity contribution in [3.63, 3.8) is 0 Å². The van der Waals surface area contributed by atoms with Crippen LogP contribution in [-0.2, 0) is 10.3 Å². The number of nitrogens with zero attached hydrogens (tertiary/aromatic N) is 1. The third-order valence-electron chi connectivity index (χ3n) is 3.48. The Morgan fingerprint density at radius 3 is 2.82 bits per heavy atom. The Kier molecular flexibility index (Phi) is 2.13. The van der Waals surface area contributed by atoms with Gasteiger partial charge >= 0.3 is 0 Å². The van der Waals surface area contributed by atoms with Crippen molar-refractivity contribution < 1.29 is 13.6 Å². The molecule has 4 heteroatoms. The molecule has 0 radical (unpaired) electrons. The maximum Gasteiger partial charge on any atom is 0.235 e. The van der Waals surface area contributed by atoms with Crippen molar-refractivity contribution in [2.75, 3.05) is 0 Å². The number of fused-ring (bicyclic) bond motifs is 1. The first-order valence-electron chi connectivity index (χ1n) is 5.52. The fourth-order valence-electron chi connectivity index (χ4n) is 2.46. The van der Waals surface area contributed by atoms with E-state index in [-0.39, 0.29) is 5.82 Å². The topological polar surface area (TPSA) is 42.6 Å². The van der Waals surface area contributed by atoms with E-state index >= 15 is 0 Å². The first kappa shape index (κ1) is 10.2. The molecule has 2 aromatic rings. The van der Waals surface area contributed by atoms with Gasteiger partial charge in [-0.15, -0.1) is 0 Å². The molecule has 86 valence electrons. The summed E-state index contributed by atoms with van der Waals surface area (Å²) < 4.78 is 19.3. The Hall–Kier alpha value is -1.93. The molecule has 3 nitrogen and oxygen atoms in total. The fraction of sp³-hybridized carbons (Fsp3) is 0.308. The zero-order valence-corrected chi connectivity index (χ0v) is 9.07. The second-order valence-corrected chi connectivity index (χ2v) is 4.35. The summed E-state index contributed by atoms with van der Waals surface area (Å²) in [5.41, 5.74) is 0.127. The molecule has 0 atom stereocenters. The monoisotopic (exact) mass is 231 g/mol. The number of hydrogen-bond acceptors (Lipinski definition) is 3. The van der Waals surface area contributed by atoms with Crippen LogP contribution in [0.15, 0.2) is 33.9 Å².